The summed E-state index contributed by atoms with van der Waals surface area (Å²) in [5, 5.41) is 4.45. The van der Waals surface area contributed by atoms with Crippen molar-refractivity contribution < 1.29 is 0 Å². The number of hydrogen-bond donors (Lipinski definition) is 0. The Balaban J connectivity index is 2.01. The normalized spacial score (nSPS) is 19.4. The summed E-state index contributed by atoms with van der Waals surface area (Å²) < 4.78 is 2.03. The molecular weight excluding hydrogens is 298 g/mol. The molecule has 0 N–H and O–H groups in total. The van der Waals surface area contributed by atoms with Crippen LogP contribution in [-0.4, -0.2) is 37.2 Å². The predicted molar refractivity (Wildman–Crippen MR) is 96.8 cm³/mol. The van der Waals surface area contributed by atoms with Crippen molar-refractivity contribution in [3.63, 3.8) is 0 Å². The molecule has 5 nitrogen and oxygen atoms in total. The van der Waals surface area contributed by atoms with Crippen LogP contribution in [0.4, 0.5) is 0 Å². The molecule has 0 bridgehead atoms. The lowest BCUT2D eigenvalue weighted by atomic mass is 9.97. The Labute approximate surface area is 145 Å². The molecule has 130 valence electrons. The molecule has 0 amide bonds. The van der Waals surface area contributed by atoms with Crippen LogP contribution in [0, 0.1) is 6.92 Å². The van der Waals surface area contributed by atoms with Gasteiger partial charge in [0.15, 0.2) is 0 Å². The van der Waals surface area contributed by atoms with Crippen molar-refractivity contribution >= 4 is 0 Å². The summed E-state index contributed by atoms with van der Waals surface area (Å²) in [6.07, 6.45) is 5.59. The van der Waals surface area contributed by atoms with Gasteiger partial charge in [0.2, 0.25) is 0 Å². The van der Waals surface area contributed by atoms with Gasteiger partial charge in [-0.3, -0.25) is 9.58 Å². The van der Waals surface area contributed by atoms with E-state index in [0.29, 0.717) is 18.1 Å². The third kappa shape index (κ3) is 3.36. The van der Waals surface area contributed by atoms with Crippen molar-refractivity contribution in [2.75, 3.05) is 6.54 Å². The first kappa shape index (κ1) is 17.1. The number of likely N-dealkylation sites (tertiary alicyclic amines) is 1. The Kier molecular flexibility index (Phi) is 4.99. The van der Waals surface area contributed by atoms with Crippen molar-refractivity contribution in [2.24, 2.45) is 0 Å². The fourth-order valence-electron chi connectivity index (χ4n) is 3.71. The molecule has 24 heavy (non-hydrogen) atoms. The lowest BCUT2D eigenvalue weighted by molar-refractivity contribution is 0.109. The molecule has 5 heteroatoms. The van der Waals surface area contributed by atoms with Gasteiger partial charge in [-0.2, -0.15) is 5.10 Å². The molecule has 1 aliphatic rings. The molecule has 2 aromatic rings. The Morgan fingerprint density at radius 1 is 1.08 bits per heavy atom. The highest BCUT2D eigenvalue weighted by atomic mass is 15.3. The summed E-state index contributed by atoms with van der Waals surface area (Å²) in [7, 11) is 0. The van der Waals surface area contributed by atoms with E-state index in [1.165, 1.54) is 19.3 Å². The highest BCUT2D eigenvalue weighted by molar-refractivity contribution is 5.55. The summed E-state index contributed by atoms with van der Waals surface area (Å²) in [5.74, 6) is 0.841. The van der Waals surface area contributed by atoms with Crippen LogP contribution in [-0.2, 0) is 0 Å². The first-order valence-electron chi connectivity index (χ1n) is 9.12. The van der Waals surface area contributed by atoms with Crippen LogP contribution in [0.3, 0.4) is 0 Å². The zero-order chi connectivity index (χ0) is 17.3. The van der Waals surface area contributed by atoms with Gasteiger partial charge < -0.3 is 0 Å². The van der Waals surface area contributed by atoms with Gasteiger partial charge in [0.05, 0.1) is 23.1 Å². The summed E-state index contributed by atoms with van der Waals surface area (Å²) >= 11 is 0. The van der Waals surface area contributed by atoms with Gasteiger partial charge in [-0.1, -0.05) is 6.42 Å². The van der Waals surface area contributed by atoms with Gasteiger partial charge >= 0.3 is 0 Å². The number of rotatable bonds is 4. The SMILES string of the molecule is Cc1nc(-c2ccnn2C(C)C)cc([C@@H]2CCCCN2C(C)C)n1. The lowest BCUT2D eigenvalue weighted by Gasteiger charge is -2.38. The van der Waals surface area contributed by atoms with Crippen LogP contribution in [0.25, 0.3) is 11.4 Å². The first-order valence-corrected chi connectivity index (χ1v) is 9.12. The van der Waals surface area contributed by atoms with Crippen LogP contribution in [0.15, 0.2) is 18.3 Å². The Hall–Kier alpha value is -1.75. The average Bonchev–Trinajstić information content (AvgIpc) is 3.04. The summed E-state index contributed by atoms with van der Waals surface area (Å²) in [4.78, 5) is 12.1. The molecule has 3 rings (SSSR count). The largest absolute Gasteiger partial charge is 0.292 e. The van der Waals surface area contributed by atoms with Crippen molar-refractivity contribution in [1.29, 1.82) is 0 Å². The molecule has 0 saturated carbocycles. The van der Waals surface area contributed by atoms with Crippen LogP contribution >= 0.6 is 0 Å². The number of nitrogens with zero attached hydrogens (tertiary/aromatic N) is 5. The molecular formula is C19H29N5. The Morgan fingerprint density at radius 3 is 2.58 bits per heavy atom. The third-order valence-electron chi connectivity index (χ3n) is 4.83. The number of aryl methyl sites for hydroxylation is 1. The van der Waals surface area contributed by atoms with Crippen LogP contribution in [0.5, 0.6) is 0 Å². The zero-order valence-corrected chi connectivity index (χ0v) is 15.5. The fourth-order valence-corrected chi connectivity index (χ4v) is 3.71. The highest BCUT2D eigenvalue weighted by Gasteiger charge is 2.27. The first-order chi connectivity index (χ1) is 11.5. The lowest BCUT2D eigenvalue weighted by Crippen LogP contribution is -2.39. The van der Waals surface area contributed by atoms with Gasteiger partial charge in [0.1, 0.15) is 5.82 Å². The molecule has 0 spiro atoms. The molecule has 0 radical (unpaired) electrons. The van der Waals surface area contributed by atoms with E-state index in [1.807, 2.05) is 23.9 Å². The second-order valence-electron chi connectivity index (χ2n) is 7.32. The smallest absolute Gasteiger partial charge is 0.126 e. The molecule has 1 atom stereocenters. The Morgan fingerprint density at radius 2 is 1.88 bits per heavy atom. The second-order valence-corrected chi connectivity index (χ2v) is 7.32. The highest BCUT2D eigenvalue weighted by Crippen LogP contribution is 2.33. The van der Waals surface area contributed by atoms with Gasteiger partial charge in [-0.05, 0) is 66.1 Å². The fraction of sp³-hybridized carbons (Fsp3) is 0.632. The molecule has 1 fully saturated rings. The van der Waals surface area contributed by atoms with E-state index in [0.717, 1.165) is 29.5 Å². The van der Waals surface area contributed by atoms with Crippen LogP contribution in [0.1, 0.15) is 70.6 Å². The van der Waals surface area contributed by atoms with E-state index in [1.54, 1.807) is 0 Å². The minimum absolute atomic E-state index is 0.315. The Bertz CT molecular complexity index is 689. The van der Waals surface area contributed by atoms with Crippen LogP contribution < -0.4 is 0 Å². The maximum Gasteiger partial charge on any atom is 0.126 e. The van der Waals surface area contributed by atoms with Crippen molar-refractivity contribution in [1.82, 2.24) is 24.6 Å². The van der Waals surface area contributed by atoms with Crippen molar-refractivity contribution in [2.45, 2.75) is 72.0 Å². The van der Waals surface area contributed by atoms with E-state index >= 15 is 0 Å². The third-order valence-corrected chi connectivity index (χ3v) is 4.83. The second kappa shape index (κ2) is 7.01. The number of aromatic nitrogens is 4. The van der Waals surface area contributed by atoms with Crippen molar-refractivity contribution in [3.05, 3.63) is 29.8 Å². The van der Waals surface area contributed by atoms with Gasteiger partial charge in [0, 0.05) is 18.3 Å². The quantitative estimate of drug-likeness (QED) is 0.846. The average molecular weight is 327 g/mol. The summed E-state index contributed by atoms with van der Waals surface area (Å²) in [6, 6.07) is 5.47. The summed E-state index contributed by atoms with van der Waals surface area (Å²) in [6.45, 7) is 12.0. The van der Waals surface area contributed by atoms with Gasteiger partial charge in [-0.15, -0.1) is 0 Å². The van der Waals surface area contributed by atoms with Gasteiger partial charge in [-0.25, -0.2) is 9.97 Å². The van der Waals surface area contributed by atoms with Crippen LogP contribution in [0.2, 0.25) is 0 Å². The standard InChI is InChI=1S/C19H29N5/c1-13(2)23-11-7-6-8-18(23)16-12-17(22-15(5)21-16)19-9-10-20-24(19)14(3)4/h9-10,12-14,18H,6-8,11H2,1-5H3/t18-/m0/s1. The molecule has 0 aliphatic carbocycles. The number of hydrogen-bond acceptors (Lipinski definition) is 4. The van der Waals surface area contributed by atoms with Gasteiger partial charge in [0.25, 0.3) is 0 Å². The molecule has 1 saturated heterocycles. The number of piperidine rings is 1. The molecule has 0 aromatic carbocycles. The minimum Gasteiger partial charge on any atom is -0.292 e. The maximum absolute atomic E-state index is 4.79. The minimum atomic E-state index is 0.315. The van der Waals surface area contributed by atoms with E-state index < -0.39 is 0 Å². The molecule has 3 heterocycles. The van der Waals surface area contributed by atoms with E-state index in [-0.39, 0.29) is 0 Å². The van der Waals surface area contributed by atoms with E-state index in [9.17, 15) is 0 Å². The monoisotopic (exact) mass is 327 g/mol. The predicted octanol–water partition coefficient (Wildman–Crippen LogP) is 4.16. The van der Waals surface area contributed by atoms with E-state index in [2.05, 4.69) is 43.8 Å². The molecule has 2 aromatic heterocycles. The molecule has 1 aliphatic heterocycles. The molecule has 0 unspecified atom stereocenters. The van der Waals surface area contributed by atoms with E-state index in [4.69, 9.17) is 9.97 Å². The zero-order valence-electron chi connectivity index (χ0n) is 15.5. The van der Waals surface area contributed by atoms with Crippen molar-refractivity contribution in [3.8, 4) is 11.4 Å². The summed E-state index contributed by atoms with van der Waals surface area (Å²) in [5.41, 5.74) is 3.21. The topological polar surface area (TPSA) is 46.8 Å². The maximum atomic E-state index is 4.79.